The predicted octanol–water partition coefficient (Wildman–Crippen LogP) is 2.95. The van der Waals surface area contributed by atoms with Crippen molar-refractivity contribution in [1.29, 1.82) is 0 Å². The van der Waals surface area contributed by atoms with Gasteiger partial charge in [-0.25, -0.2) is 0 Å². The molecule has 1 atom stereocenters. The molecule has 0 saturated heterocycles. The van der Waals surface area contributed by atoms with E-state index in [0.29, 0.717) is 18.6 Å². The maximum atomic E-state index is 5.96. The SMILES string of the molecule is Cc1cc(C)c(C(CN)N(C)C(C)C)cc1C. The van der Waals surface area contributed by atoms with Crippen LogP contribution in [-0.2, 0) is 0 Å². The fourth-order valence-corrected chi connectivity index (χ4v) is 2.21. The first-order valence-electron chi connectivity index (χ1n) is 6.38. The Morgan fingerprint density at radius 1 is 1.06 bits per heavy atom. The number of hydrogen-bond donors (Lipinski definition) is 1. The number of likely N-dealkylation sites (N-methyl/N-ethyl adjacent to an activating group) is 1. The van der Waals surface area contributed by atoms with Crippen LogP contribution in [0, 0.1) is 20.8 Å². The Kier molecular flexibility index (Phi) is 4.72. The van der Waals surface area contributed by atoms with Crippen LogP contribution in [0.15, 0.2) is 12.1 Å². The van der Waals surface area contributed by atoms with Crippen LogP contribution >= 0.6 is 0 Å². The summed E-state index contributed by atoms with van der Waals surface area (Å²) in [5.41, 5.74) is 11.4. The molecule has 0 fully saturated rings. The normalized spacial score (nSPS) is 13.5. The lowest BCUT2D eigenvalue weighted by Gasteiger charge is -2.32. The molecule has 0 aliphatic heterocycles. The van der Waals surface area contributed by atoms with Crippen LogP contribution in [0.25, 0.3) is 0 Å². The average Bonchev–Trinajstić information content (AvgIpc) is 2.25. The van der Waals surface area contributed by atoms with E-state index < -0.39 is 0 Å². The fourth-order valence-electron chi connectivity index (χ4n) is 2.21. The van der Waals surface area contributed by atoms with Gasteiger partial charge in [0, 0.05) is 18.6 Å². The predicted molar refractivity (Wildman–Crippen MR) is 75.3 cm³/mol. The number of benzene rings is 1. The van der Waals surface area contributed by atoms with Crippen molar-refractivity contribution in [1.82, 2.24) is 4.90 Å². The van der Waals surface area contributed by atoms with Gasteiger partial charge in [0.1, 0.15) is 0 Å². The van der Waals surface area contributed by atoms with Crippen LogP contribution < -0.4 is 5.73 Å². The minimum Gasteiger partial charge on any atom is -0.329 e. The summed E-state index contributed by atoms with van der Waals surface area (Å²) in [4.78, 5) is 2.34. The van der Waals surface area contributed by atoms with E-state index in [0.717, 1.165) is 0 Å². The highest BCUT2D eigenvalue weighted by molar-refractivity contribution is 5.38. The molecule has 0 aliphatic rings. The molecule has 1 aromatic carbocycles. The van der Waals surface area contributed by atoms with E-state index in [1.807, 2.05) is 0 Å². The molecule has 96 valence electrons. The molecule has 0 heterocycles. The zero-order chi connectivity index (χ0) is 13.2. The highest BCUT2D eigenvalue weighted by Gasteiger charge is 2.19. The van der Waals surface area contributed by atoms with Crippen molar-refractivity contribution in [2.75, 3.05) is 13.6 Å². The van der Waals surface area contributed by atoms with Crippen LogP contribution in [0.2, 0.25) is 0 Å². The molecular weight excluding hydrogens is 208 g/mol. The molecule has 0 radical (unpaired) electrons. The number of hydrogen-bond acceptors (Lipinski definition) is 2. The zero-order valence-corrected chi connectivity index (χ0v) is 12.0. The topological polar surface area (TPSA) is 29.3 Å². The third-order valence-electron chi connectivity index (χ3n) is 3.77. The Morgan fingerprint density at radius 3 is 2.06 bits per heavy atom. The highest BCUT2D eigenvalue weighted by Crippen LogP contribution is 2.26. The maximum Gasteiger partial charge on any atom is 0.0472 e. The molecule has 1 unspecified atom stereocenters. The summed E-state index contributed by atoms with van der Waals surface area (Å²) in [6.07, 6.45) is 0. The second-order valence-electron chi connectivity index (χ2n) is 5.30. The molecule has 0 bridgehead atoms. The van der Waals surface area contributed by atoms with Crippen LogP contribution in [0.5, 0.6) is 0 Å². The van der Waals surface area contributed by atoms with Crippen LogP contribution in [0.1, 0.15) is 42.1 Å². The lowest BCUT2D eigenvalue weighted by Crippen LogP contribution is -2.35. The van der Waals surface area contributed by atoms with Crippen molar-refractivity contribution in [2.45, 2.75) is 46.7 Å². The van der Waals surface area contributed by atoms with Gasteiger partial charge in [0.05, 0.1) is 0 Å². The summed E-state index contributed by atoms with van der Waals surface area (Å²) >= 11 is 0. The summed E-state index contributed by atoms with van der Waals surface area (Å²) in [7, 11) is 2.15. The first-order valence-corrected chi connectivity index (χ1v) is 6.38. The molecule has 1 rings (SSSR count). The molecule has 0 spiro atoms. The van der Waals surface area contributed by atoms with E-state index in [1.54, 1.807) is 0 Å². The van der Waals surface area contributed by atoms with Crippen molar-refractivity contribution in [3.05, 3.63) is 34.4 Å². The van der Waals surface area contributed by atoms with E-state index in [9.17, 15) is 0 Å². The van der Waals surface area contributed by atoms with Crippen LogP contribution in [0.3, 0.4) is 0 Å². The highest BCUT2D eigenvalue weighted by atomic mass is 15.2. The van der Waals surface area contributed by atoms with Gasteiger partial charge in [-0.3, -0.25) is 4.90 Å². The van der Waals surface area contributed by atoms with E-state index >= 15 is 0 Å². The number of nitrogens with zero attached hydrogens (tertiary/aromatic N) is 1. The molecule has 2 nitrogen and oxygen atoms in total. The van der Waals surface area contributed by atoms with Crippen molar-refractivity contribution in [2.24, 2.45) is 5.73 Å². The fraction of sp³-hybridized carbons (Fsp3) is 0.600. The van der Waals surface area contributed by atoms with Gasteiger partial charge in [-0.2, -0.15) is 0 Å². The summed E-state index contributed by atoms with van der Waals surface area (Å²) in [5.74, 6) is 0. The van der Waals surface area contributed by atoms with E-state index in [2.05, 4.69) is 58.7 Å². The number of rotatable bonds is 4. The smallest absolute Gasteiger partial charge is 0.0472 e. The molecular formula is C15H26N2. The Morgan fingerprint density at radius 2 is 1.59 bits per heavy atom. The van der Waals surface area contributed by atoms with Crippen molar-refractivity contribution < 1.29 is 0 Å². The third-order valence-corrected chi connectivity index (χ3v) is 3.77. The Labute approximate surface area is 106 Å². The van der Waals surface area contributed by atoms with E-state index in [1.165, 1.54) is 22.3 Å². The van der Waals surface area contributed by atoms with Gasteiger partial charge in [-0.05, 0) is 63.9 Å². The van der Waals surface area contributed by atoms with Gasteiger partial charge < -0.3 is 5.73 Å². The van der Waals surface area contributed by atoms with Crippen molar-refractivity contribution in [3.8, 4) is 0 Å². The first kappa shape index (κ1) is 14.2. The van der Waals surface area contributed by atoms with Gasteiger partial charge in [0.15, 0.2) is 0 Å². The van der Waals surface area contributed by atoms with Gasteiger partial charge in [-0.1, -0.05) is 12.1 Å². The Hall–Kier alpha value is -0.860. The van der Waals surface area contributed by atoms with Gasteiger partial charge in [0.25, 0.3) is 0 Å². The molecule has 0 amide bonds. The van der Waals surface area contributed by atoms with Gasteiger partial charge >= 0.3 is 0 Å². The maximum absolute atomic E-state index is 5.96. The molecule has 0 saturated carbocycles. The average molecular weight is 234 g/mol. The second-order valence-corrected chi connectivity index (χ2v) is 5.30. The quantitative estimate of drug-likeness (QED) is 0.868. The monoisotopic (exact) mass is 234 g/mol. The van der Waals surface area contributed by atoms with E-state index in [-0.39, 0.29) is 0 Å². The Bertz CT molecular complexity index is 383. The summed E-state index contributed by atoms with van der Waals surface area (Å²) < 4.78 is 0. The minimum absolute atomic E-state index is 0.314. The van der Waals surface area contributed by atoms with Crippen LogP contribution in [-0.4, -0.2) is 24.5 Å². The zero-order valence-electron chi connectivity index (χ0n) is 12.0. The summed E-state index contributed by atoms with van der Waals surface area (Å²) in [5, 5.41) is 0. The molecule has 0 aromatic heterocycles. The largest absolute Gasteiger partial charge is 0.329 e. The van der Waals surface area contributed by atoms with Crippen LogP contribution in [0.4, 0.5) is 0 Å². The lowest BCUT2D eigenvalue weighted by molar-refractivity contribution is 0.200. The lowest BCUT2D eigenvalue weighted by atomic mass is 9.94. The number of nitrogens with two attached hydrogens (primary N) is 1. The van der Waals surface area contributed by atoms with Crippen molar-refractivity contribution >= 4 is 0 Å². The third kappa shape index (κ3) is 3.08. The standard InChI is InChI=1S/C15H26N2/c1-10(2)17(6)15(9-16)14-8-12(4)11(3)7-13(14)5/h7-8,10,15H,9,16H2,1-6H3. The molecule has 17 heavy (non-hydrogen) atoms. The second kappa shape index (κ2) is 5.65. The Balaban J connectivity index is 3.16. The summed E-state index contributed by atoms with van der Waals surface area (Å²) in [6, 6.07) is 5.38. The molecule has 1 aromatic rings. The first-order chi connectivity index (χ1) is 7.88. The molecule has 2 heteroatoms. The minimum atomic E-state index is 0.314. The molecule has 0 aliphatic carbocycles. The number of aryl methyl sites for hydroxylation is 3. The van der Waals surface area contributed by atoms with Gasteiger partial charge in [0.2, 0.25) is 0 Å². The van der Waals surface area contributed by atoms with E-state index in [4.69, 9.17) is 5.73 Å². The summed E-state index contributed by atoms with van der Waals surface area (Å²) in [6.45, 7) is 11.6. The molecule has 2 N–H and O–H groups in total. The van der Waals surface area contributed by atoms with Gasteiger partial charge in [-0.15, -0.1) is 0 Å². The van der Waals surface area contributed by atoms with Crippen molar-refractivity contribution in [3.63, 3.8) is 0 Å².